The van der Waals surface area contributed by atoms with Crippen LogP contribution in [0.4, 0.5) is 0 Å². The number of allylic oxidation sites excluding steroid dienone is 3. The van der Waals surface area contributed by atoms with Gasteiger partial charge < -0.3 is 10.3 Å². The molecular weight excluding hydrogens is 380 g/mol. The van der Waals surface area contributed by atoms with Crippen molar-refractivity contribution in [1.82, 2.24) is 0 Å². The molecular formula is C11H11NO3Re. The van der Waals surface area contributed by atoms with Gasteiger partial charge in [0.15, 0.2) is 0 Å². The molecule has 2 N–H and O–H groups in total. The molecule has 4 nitrogen and oxygen atoms in total. The van der Waals surface area contributed by atoms with Crippen LogP contribution < -0.4 is 0 Å². The summed E-state index contributed by atoms with van der Waals surface area (Å²) in [6.07, 6.45) is 7.10. The van der Waals surface area contributed by atoms with Gasteiger partial charge in [-0.05, 0) is 24.2 Å². The average Bonchev–Trinajstić information content (AvgIpc) is 2.87. The Bertz CT molecular complexity index is 427. The summed E-state index contributed by atoms with van der Waals surface area (Å²) >= 11 is 0. The summed E-state index contributed by atoms with van der Waals surface area (Å²) in [7, 11) is 0. The maximum atomic E-state index is 11.0. The third-order valence-corrected chi connectivity index (χ3v) is 3.81. The van der Waals surface area contributed by atoms with Crippen LogP contribution in [0.3, 0.4) is 0 Å². The van der Waals surface area contributed by atoms with Crippen LogP contribution in [0.1, 0.15) is 6.42 Å². The average molecular weight is 391 g/mol. The van der Waals surface area contributed by atoms with Crippen molar-refractivity contribution >= 4 is 11.7 Å². The Hall–Kier alpha value is -0.918. The van der Waals surface area contributed by atoms with Crippen LogP contribution in [0.15, 0.2) is 29.0 Å². The minimum atomic E-state index is -0.989. The van der Waals surface area contributed by atoms with Crippen molar-refractivity contribution in [3.63, 3.8) is 0 Å². The molecule has 3 aliphatic carbocycles. The molecule has 0 spiro atoms. The first-order chi connectivity index (χ1) is 7.22. The molecule has 5 heteroatoms. The first-order valence-electron chi connectivity index (χ1n) is 5.08. The van der Waals surface area contributed by atoms with Gasteiger partial charge in [-0.2, -0.15) is 0 Å². The molecule has 0 saturated heterocycles. The molecule has 16 heavy (non-hydrogen) atoms. The monoisotopic (exact) mass is 392 g/mol. The van der Waals surface area contributed by atoms with E-state index in [4.69, 9.17) is 10.3 Å². The van der Waals surface area contributed by atoms with Crippen LogP contribution in [-0.4, -0.2) is 22.0 Å². The van der Waals surface area contributed by atoms with E-state index in [-0.39, 0.29) is 37.8 Å². The van der Waals surface area contributed by atoms with Crippen molar-refractivity contribution in [1.29, 1.82) is 0 Å². The van der Waals surface area contributed by atoms with E-state index in [1.165, 1.54) is 0 Å². The molecule has 1 saturated carbocycles. The van der Waals surface area contributed by atoms with E-state index in [1.54, 1.807) is 6.08 Å². The molecule has 3 rings (SSSR count). The molecule has 4 atom stereocenters. The minimum Gasteiger partial charge on any atom is -0.478 e. The number of nitrogens with zero attached hydrogens (tertiary/aromatic N) is 1. The standard InChI is InChI=1S/C11H11NO3.Re/c13-11(14)8-4-7-5-1-2-6(3-5)9(7)10(8)12-15;/h1-2,4-7,9,15H,3H2,(H,13,14);/b12-10+;. The summed E-state index contributed by atoms with van der Waals surface area (Å²) < 4.78 is 0. The predicted molar refractivity (Wildman–Crippen MR) is 52.7 cm³/mol. The number of carboxylic acids is 1. The van der Waals surface area contributed by atoms with Gasteiger partial charge >= 0.3 is 5.97 Å². The van der Waals surface area contributed by atoms with E-state index < -0.39 is 5.97 Å². The van der Waals surface area contributed by atoms with Crippen molar-refractivity contribution in [2.45, 2.75) is 6.42 Å². The van der Waals surface area contributed by atoms with E-state index in [0.717, 1.165) is 6.42 Å². The summed E-state index contributed by atoms with van der Waals surface area (Å²) in [6, 6.07) is 0. The normalized spacial score (nSPS) is 40.8. The van der Waals surface area contributed by atoms with Crippen molar-refractivity contribution in [2.75, 3.05) is 0 Å². The second-order valence-corrected chi connectivity index (χ2v) is 4.42. The van der Waals surface area contributed by atoms with Crippen molar-refractivity contribution < 1.29 is 35.5 Å². The molecule has 3 aliphatic rings. The number of carboxylic acid groups (broad SMARTS) is 1. The number of rotatable bonds is 1. The Kier molecular flexibility index (Phi) is 2.77. The van der Waals surface area contributed by atoms with E-state index in [1.807, 2.05) is 0 Å². The maximum absolute atomic E-state index is 11.0. The van der Waals surface area contributed by atoms with Crippen LogP contribution >= 0.6 is 0 Å². The van der Waals surface area contributed by atoms with Gasteiger partial charge in [-0.25, -0.2) is 4.79 Å². The third-order valence-electron chi connectivity index (χ3n) is 3.81. The molecule has 1 fully saturated rings. The summed E-state index contributed by atoms with van der Waals surface area (Å²) in [6.45, 7) is 0. The Morgan fingerprint density at radius 2 is 2.06 bits per heavy atom. The van der Waals surface area contributed by atoms with Gasteiger partial charge in [-0.15, -0.1) is 0 Å². The van der Waals surface area contributed by atoms with Gasteiger partial charge in [0, 0.05) is 26.3 Å². The Morgan fingerprint density at radius 3 is 2.69 bits per heavy atom. The largest absolute Gasteiger partial charge is 0.478 e. The second kappa shape index (κ2) is 3.83. The van der Waals surface area contributed by atoms with Gasteiger partial charge in [0.25, 0.3) is 0 Å². The van der Waals surface area contributed by atoms with Crippen LogP contribution in [-0.2, 0) is 25.2 Å². The zero-order chi connectivity index (χ0) is 10.6. The van der Waals surface area contributed by atoms with Gasteiger partial charge in [-0.3, -0.25) is 0 Å². The van der Waals surface area contributed by atoms with E-state index in [0.29, 0.717) is 17.5 Å². The third kappa shape index (κ3) is 1.32. The van der Waals surface area contributed by atoms with Crippen molar-refractivity contribution in [3.05, 3.63) is 23.8 Å². The molecule has 1 radical (unpaired) electrons. The topological polar surface area (TPSA) is 69.9 Å². The van der Waals surface area contributed by atoms with Crippen molar-refractivity contribution in [3.8, 4) is 0 Å². The first kappa shape index (κ1) is 11.6. The summed E-state index contributed by atoms with van der Waals surface area (Å²) in [5.74, 6) is 0.136. The number of hydrogen-bond acceptors (Lipinski definition) is 3. The smallest absolute Gasteiger partial charge is 0.337 e. The minimum absolute atomic E-state index is 0. The molecule has 2 bridgehead atoms. The Balaban J connectivity index is 0.000000963. The van der Waals surface area contributed by atoms with Gasteiger partial charge in [0.1, 0.15) is 0 Å². The number of carbonyl (C=O) groups is 1. The van der Waals surface area contributed by atoms with Crippen molar-refractivity contribution in [2.24, 2.45) is 28.8 Å². The Morgan fingerprint density at radius 1 is 1.38 bits per heavy atom. The second-order valence-electron chi connectivity index (χ2n) is 4.42. The van der Waals surface area contributed by atoms with Gasteiger partial charge in [0.05, 0.1) is 11.3 Å². The summed E-state index contributed by atoms with van der Waals surface area (Å²) in [4.78, 5) is 11.0. The SMILES string of the molecule is O=C(O)C1=CC2C3C=CC(C3)C2/C1=N/O.[Re]. The maximum Gasteiger partial charge on any atom is 0.337 e. The zero-order valence-corrected chi connectivity index (χ0v) is 11.1. The summed E-state index contributed by atoms with van der Waals surface area (Å²) in [5.41, 5.74) is 0.551. The fourth-order valence-electron chi connectivity index (χ4n) is 3.23. The molecule has 4 unspecified atom stereocenters. The molecule has 0 amide bonds. The molecule has 0 heterocycles. The first-order valence-corrected chi connectivity index (χ1v) is 5.08. The van der Waals surface area contributed by atoms with E-state index in [2.05, 4.69) is 17.3 Å². The molecule has 0 aromatic rings. The van der Waals surface area contributed by atoms with Crippen LogP contribution in [0.2, 0.25) is 0 Å². The fraction of sp³-hybridized carbons (Fsp3) is 0.455. The van der Waals surface area contributed by atoms with E-state index in [9.17, 15) is 4.79 Å². The predicted octanol–water partition coefficient (Wildman–Crippen LogP) is 1.28. The fourth-order valence-corrected chi connectivity index (χ4v) is 3.23. The van der Waals surface area contributed by atoms with Crippen LogP contribution in [0.25, 0.3) is 0 Å². The van der Waals surface area contributed by atoms with Gasteiger partial charge in [0.2, 0.25) is 0 Å². The van der Waals surface area contributed by atoms with E-state index >= 15 is 0 Å². The Labute approximate surface area is 106 Å². The molecule has 0 aromatic heterocycles. The van der Waals surface area contributed by atoms with Crippen LogP contribution in [0.5, 0.6) is 0 Å². The number of hydrogen-bond donors (Lipinski definition) is 2. The molecule has 0 aromatic carbocycles. The number of fused-ring (bicyclic) bond motifs is 5. The van der Waals surface area contributed by atoms with Crippen LogP contribution in [0, 0.1) is 23.7 Å². The quantitative estimate of drug-likeness (QED) is 0.402. The van der Waals surface area contributed by atoms with Gasteiger partial charge in [-0.1, -0.05) is 23.4 Å². The molecule has 0 aliphatic heterocycles. The number of oxime groups is 1. The zero-order valence-electron chi connectivity index (χ0n) is 8.38. The number of aliphatic carboxylic acids is 1. The summed E-state index contributed by atoms with van der Waals surface area (Å²) in [5, 5.41) is 21.1. The molecule has 85 valence electrons.